The molecule has 0 radical (unpaired) electrons. The smallest absolute Gasteiger partial charge is 0.286 e. The number of nitro benzene ring substituents is 2. The Morgan fingerprint density at radius 1 is 0.815 bits per heavy atom. The Kier molecular flexibility index (Phi) is 7.16. The summed E-state index contributed by atoms with van der Waals surface area (Å²) in [4.78, 5) is 20.8. The van der Waals surface area contributed by atoms with Gasteiger partial charge in [-0.05, 0) is 24.3 Å². The van der Waals surface area contributed by atoms with Gasteiger partial charge in [-0.1, -0.05) is 46.9 Å². The molecule has 0 aliphatic heterocycles. The fraction of sp³-hybridized carbons (Fsp3) is 0.111. The summed E-state index contributed by atoms with van der Waals surface area (Å²) in [5.74, 6) is 10.5. The molecule has 0 saturated heterocycles. The molecule has 0 saturated carbocycles. The minimum Gasteiger partial charge on any atom is -0.356 e. The van der Waals surface area contributed by atoms with Crippen molar-refractivity contribution in [2.75, 3.05) is 13.2 Å². The van der Waals surface area contributed by atoms with E-state index in [9.17, 15) is 20.2 Å². The maximum Gasteiger partial charge on any atom is 0.286 e. The van der Waals surface area contributed by atoms with Crippen LogP contribution in [0.25, 0.3) is 0 Å². The zero-order valence-electron chi connectivity index (χ0n) is 13.6. The van der Waals surface area contributed by atoms with Crippen molar-refractivity contribution in [2.45, 2.75) is 0 Å². The lowest BCUT2D eigenvalue weighted by molar-refractivity contribution is -0.385. The first-order valence-electron chi connectivity index (χ1n) is 7.32. The Labute approximate surface area is 164 Å². The van der Waals surface area contributed by atoms with Crippen molar-refractivity contribution in [2.24, 2.45) is 0 Å². The van der Waals surface area contributed by atoms with Crippen LogP contribution in [0.4, 0.5) is 11.4 Å². The van der Waals surface area contributed by atoms with Gasteiger partial charge in [0.15, 0.2) is 0 Å². The van der Waals surface area contributed by atoms with E-state index in [-0.39, 0.29) is 45.8 Å². The van der Waals surface area contributed by atoms with Gasteiger partial charge in [-0.25, -0.2) is 0 Å². The standard InChI is InChI=1S/C18H10Cl2N2O5/c19-15-7-5-13(17(11-15)21(23)24)3-1-9-27-10-2-4-14-6-8-16(20)12-18(14)22(25)26/h5-8,11-12H,9-10H2. The molecule has 136 valence electrons. The molecule has 0 fully saturated rings. The second kappa shape index (κ2) is 9.56. The lowest BCUT2D eigenvalue weighted by Crippen LogP contribution is -1.95. The molecule has 0 aromatic heterocycles. The van der Waals surface area contributed by atoms with E-state index in [1.165, 1.54) is 36.4 Å². The number of hydrogen-bond acceptors (Lipinski definition) is 5. The van der Waals surface area contributed by atoms with Crippen LogP contribution in [0.2, 0.25) is 10.0 Å². The molecule has 27 heavy (non-hydrogen) atoms. The molecule has 2 aromatic carbocycles. The lowest BCUT2D eigenvalue weighted by atomic mass is 10.2. The fourth-order valence-electron chi connectivity index (χ4n) is 1.94. The van der Waals surface area contributed by atoms with Crippen molar-refractivity contribution < 1.29 is 14.6 Å². The van der Waals surface area contributed by atoms with Crippen LogP contribution < -0.4 is 0 Å². The van der Waals surface area contributed by atoms with Crippen LogP contribution in [0.5, 0.6) is 0 Å². The number of nitrogens with zero attached hydrogens (tertiary/aromatic N) is 2. The third-order valence-electron chi connectivity index (χ3n) is 3.11. The predicted octanol–water partition coefficient (Wildman–Crippen LogP) is 4.23. The largest absolute Gasteiger partial charge is 0.356 e. The number of rotatable bonds is 4. The quantitative estimate of drug-likeness (QED) is 0.328. The highest BCUT2D eigenvalue weighted by molar-refractivity contribution is 6.31. The number of ether oxygens (including phenoxy) is 1. The third kappa shape index (κ3) is 5.98. The zero-order chi connectivity index (χ0) is 19.8. The second-order valence-corrected chi connectivity index (χ2v) is 5.81. The van der Waals surface area contributed by atoms with Crippen LogP contribution in [0.3, 0.4) is 0 Å². The van der Waals surface area contributed by atoms with Gasteiger partial charge in [-0.2, -0.15) is 0 Å². The van der Waals surface area contributed by atoms with Gasteiger partial charge in [-0.3, -0.25) is 20.2 Å². The summed E-state index contributed by atoms with van der Waals surface area (Å²) in [7, 11) is 0. The summed E-state index contributed by atoms with van der Waals surface area (Å²) in [6.07, 6.45) is 0. The van der Waals surface area contributed by atoms with E-state index in [2.05, 4.69) is 23.7 Å². The Morgan fingerprint density at radius 3 is 1.59 bits per heavy atom. The number of hydrogen-bond donors (Lipinski definition) is 0. The number of nitro groups is 2. The molecule has 0 heterocycles. The summed E-state index contributed by atoms with van der Waals surface area (Å²) in [5.41, 5.74) is 0.0569. The monoisotopic (exact) mass is 404 g/mol. The van der Waals surface area contributed by atoms with Gasteiger partial charge >= 0.3 is 0 Å². The SMILES string of the molecule is O=[N+]([O-])c1cc(Cl)ccc1C#CCOCC#Cc1ccc(Cl)cc1[N+](=O)[O-]. The van der Waals surface area contributed by atoms with Crippen molar-refractivity contribution in [3.63, 3.8) is 0 Å². The van der Waals surface area contributed by atoms with Crippen molar-refractivity contribution in [3.05, 3.63) is 77.8 Å². The summed E-state index contributed by atoms with van der Waals surface area (Å²) < 4.78 is 5.19. The minimum atomic E-state index is -0.568. The Bertz CT molecular complexity index is 934. The Hall–Kier alpha value is -3.10. The van der Waals surface area contributed by atoms with Gasteiger partial charge in [-0.15, -0.1) is 0 Å². The van der Waals surface area contributed by atoms with Crippen molar-refractivity contribution in [1.82, 2.24) is 0 Å². The van der Waals surface area contributed by atoms with E-state index in [1.54, 1.807) is 0 Å². The lowest BCUT2D eigenvalue weighted by Gasteiger charge is -1.96. The van der Waals surface area contributed by atoms with Gasteiger partial charge in [0.05, 0.1) is 9.85 Å². The molecule has 0 N–H and O–H groups in total. The van der Waals surface area contributed by atoms with E-state index in [1.807, 2.05) is 0 Å². The van der Waals surface area contributed by atoms with Crippen LogP contribution in [0, 0.1) is 43.9 Å². The second-order valence-electron chi connectivity index (χ2n) is 4.93. The van der Waals surface area contributed by atoms with Crippen LogP contribution in [-0.4, -0.2) is 23.1 Å². The highest BCUT2D eigenvalue weighted by atomic mass is 35.5. The molecule has 0 bridgehead atoms. The minimum absolute atomic E-state index is 0.0167. The molecule has 0 aliphatic rings. The van der Waals surface area contributed by atoms with Gasteiger partial charge < -0.3 is 4.74 Å². The first-order chi connectivity index (χ1) is 12.9. The number of benzene rings is 2. The van der Waals surface area contributed by atoms with Gasteiger partial charge in [0.25, 0.3) is 11.4 Å². The molecule has 7 nitrogen and oxygen atoms in total. The van der Waals surface area contributed by atoms with E-state index in [0.29, 0.717) is 0 Å². The molecular formula is C18H10Cl2N2O5. The molecular weight excluding hydrogens is 395 g/mol. The van der Waals surface area contributed by atoms with E-state index in [4.69, 9.17) is 27.9 Å². The maximum absolute atomic E-state index is 11.0. The molecule has 0 aliphatic carbocycles. The first-order valence-corrected chi connectivity index (χ1v) is 8.07. The predicted molar refractivity (Wildman–Crippen MR) is 101 cm³/mol. The van der Waals surface area contributed by atoms with E-state index < -0.39 is 9.85 Å². The maximum atomic E-state index is 11.0. The molecule has 0 spiro atoms. The molecule has 2 aromatic rings. The molecule has 2 rings (SSSR count). The summed E-state index contributed by atoms with van der Waals surface area (Å²) in [6.45, 7) is -0.0334. The van der Waals surface area contributed by atoms with Crippen LogP contribution in [0.15, 0.2) is 36.4 Å². The van der Waals surface area contributed by atoms with Gasteiger partial charge in [0.1, 0.15) is 24.3 Å². The number of halogens is 2. The van der Waals surface area contributed by atoms with E-state index >= 15 is 0 Å². The fourth-order valence-corrected chi connectivity index (χ4v) is 2.27. The normalized spacial score (nSPS) is 9.56. The highest BCUT2D eigenvalue weighted by Gasteiger charge is 2.13. The topological polar surface area (TPSA) is 95.5 Å². The molecule has 9 heteroatoms. The van der Waals surface area contributed by atoms with Crippen LogP contribution >= 0.6 is 23.2 Å². The Balaban J connectivity index is 1.96. The molecule has 0 amide bonds. The summed E-state index contributed by atoms with van der Waals surface area (Å²) >= 11 is 11.5. The third-order valence-corrected chi connectivity index (χ3v) is 3.58. The van der Waals surface area contributed by atoms with E-state index in [0.717, 1.165) is 0 Å². The average Bonchev–Trinajstić information content (AvgIpc) is 2.62. The van der Waals surface area contributed by atoms with Crippen LogP contribution in [0.1, 0.15) is 11.1 Å². The summed E-state index contributed by atoms with van der Waals surface area (Å²) in [6, 6.07) is 8.35. The molecule has 0 atom stereocenters. The Morgan fingerprint density at radius 2 is 1.22 bits per heavy atom. The van der Waals surface area contributed by atoms with Crippen LogP contribution in [-0.2, 0) is 4.74 Å². The van der Waals surface area contributed by atoms with Crippen molar-refractivity contribution in [1.29, 1.82) is 0 Å². The van der Waals surface area contributed by atoms with Gasteiger partial charge in [0.2, 0.25) is 0 Å². The van der Waals surface area contributed by atoms with Crippen molar-refractivity contribution >= 4 is 34.6 Å². The first kappa shape index (κ1) is 20.2. The zero-order valence-corrected chi connectivity index (χ0v) is 15.1. The molecule has 0 unspecified atom stereocenters. The summed E-state index contributed by atoms with van der Waals surface area (Å²) in [5, 5.41) is 22.4. The van der Waals surface area contributed by atoms with Crippen molar-refractivity contribution in [3.8, 4) is 23.7 Å². The highest BCUT2D eigenvalue weighted by Crippen LogP contribution is 2.23. The average molecular weight is 405 g/mol. The van der Waals surface area contributed by atoms with Gasteiger partial charge in [0, 0.05) is 22.2 Å².